The average molecular weight is 484 g/mol. The van der Waals surface area contributed by atoms with E-state index >= 15 is 0 Å². The minimum atomic E-state index is -0.0912. The Kier molecular flexibility index (Phi) is 6.41. The molecule has 0 radical (unpaired) electrons. The standard InChI is InChI=1S/C25H27Cl2N5O/c1-16(20-7-6-19(26)15-21(20)27)32-24-14-18(5-8-22(24)29-30-32)17-9-12-31(13-10-17)25(33)23-4-2-3-11-28-23/h5-9,14-16,23,28H,2-4,10-13H2,1H3/t16?,23-/m1/s1. The van der Waals surface area contributed by atoms with Crippen molar-refractivity contribution in [3.63, 3.8) is 0 Å². The smallest absolute Gasteiger partial charge is 0.239 e. The largest absolute Gasteiger partial charge is 0.337 e. The first-order chi connectivity index (χ1) is 16.0. The van der Waals surface area contributed by atoms with Gasteiger partial charge in [0.15, 0.2) is 0 Å². The summed E-state index contributed by atoms with van der Waals surface area (Å²) in [7, 11) is 0. The van der Waals surface area contributed by atoms with Crippen molar-refractivity contribution >= 4 is 45.7 Å². The van der Waals surface area contributed by atoms with Crippen molar-refractivity contribution in [2.45, 2.75) is 44.7 Å². The number of nitrogens with one attached hydrogen (secondary N) is 1. The predicted octanol–water partition coefficient (Wildman–Crippen LogP) is 5.11. The molecule has 2 aromatic carbocycles. The Morgan fingerprint density at radius 2 is 2.06 bits per heavy atom. The summed E-state index contributed by atoms with van der Waals surface area (Å²) in [6, 6.07) is 11.7. The van der Waals surface area contributed by atoms with Gasteiger partial charge in [0.25, 0.3) is 0 Å². The number of rotatable bonds is 4. The van der Waals surface area contributed by atoms with Gasteiger partial charge in [-0.05, 0) is 73.7 Å². The van der Waals surface area contributed by atoms with Gasteiger partial charge in [-0.15, -0.1) is 5.10 Å². The molecule has 1 amide bonds. The fourth-order valence-corrected chi connectivity index (χ4v) is 5.37. The summed E-state index contributed by atoms with van der Waals surface area (Å²) in [4.78, 5) is 14.8. The van der Waals surface area contributed by atoms with Crippen LogP contribution in [0.2, 0.25) is 10.0 Å². The molecule has 172 valence electrons. The van der Waals surface area contributed by atoms with Gasteiger partial charge in [0, 0.05) is 23.1 Å². The second-order valence-corrected chi connectivity index (χ2v) is 9.69. The lowest BCUT2D eigenvalue weighted by Crippen LogP contribution is -2.49. The number of carbonyl (C=O) groups is 1. The number of halogens is 2. The molecule has 33 heavy (non-hydrogen) atoms. The summed E-state index contributed by atoms with van der Waals surface area (Å²) in [6.07, 6.45) is 6.24. The second kappa shape index (κ2) is 9.45. The van der Waals surface area contributed by atoms with Crippen LogP contribution in [0.4, 0.5) is 0 Å². The normalized spacial score (nSPS) is 20.0. The van der Waals surface area contributed by atoms with E-state index in [4.69, 9.17) is 23.2 Å². The van der Waals surface area contributed by atoms with E-state index in [1.165, 1.54) is 5.57 Å². The Bertz CT molecular complexity index is 1210. The van der Waals surface area contributed by atoms with E-state index in [9.17, 15) is 4.79 Å². The molecule has 1 aromatic heterocycles. The highest BCUT2D eigenvalue weighted by molar-refractivity contribution is 6.35. The van der Waals surface area contributed by atoms with Crippen LogP contribution in [-0.4, -0.2) is 51.5 Å². The fraction of sp³-hybridized carbons (Fsp3) is 0.400. The van der Waals surface area contributed by atoms with Gasteiger partial charge in [-0.3, -0.25) is 4.79 Å². The number of hydrogen-bond donors (Lipinski definition) is 1. The minimum Gasteiger partial charge on any atom is -0.337 e. The van der Waals surface area contributed by atoms with Gasteiger partial charge in [-0.2, -0.15) is 0 Å². The summed E-state index contributed by atoms with van der Waals surface area (Å²) in [5.41, 5.74) is 5.13. The zero-order chi connectivity index (χ0) is 22.9. The average Bonchev–Trinajstić information content (AvgIpc) is 3.27. The molecule has 1 fully saturated rings. The number of fused-ring (bicyclic) bond motifs is 1. The zero-order valence-electron chi connectivity index (χ0n) is 18.6. The van der Waals surface area contributed by atoms with E-state index in [1.54, 1.807) is 6.07 Å². The fourth-order valence-electron chi connectivity index (χ4n) is 4.81. The summed E-state index contributed by atoms with van der Waals surface area (Å²) >= 11 is 12.5. The van der Waals surface area contributed by atoms with Gasteiger partial charge in [-0.25, -0.2) is 4.68 Å². The van der Waals surface area contributed by atoms with E-state index < -0.39 is 0 Å². The van der Waals surface area contributed by atoms with Crippen LogP contribution in [0.5, 0.6) is 0 Å². The lowest BCUT2D eigenvalue weighted by atomic mass is 9.97. The number of amides is 1. The molecule has 1 saturated heterocycles. The SMILES string of the molecule is CC(c1ccc(Cl)cc1Cl)n1nnc2ccc(C3=CCN(C(=O)[C@H]4CCCCN4)CC3)cc21. The summed E-state index contributed by atoms with van der Waals surface area (Å²) in [5, 5.41) is 13.3. The molecule has 5 rings (SSSR count). The monoisotopic (exact) mass is 483 g/mol. The number of benzene rings is 2. The van der Waals surface area contributed by atoms with E-state index in [0.29, 0.717) is 16.6 Å². The third kappa shape index (κ3) is 4.52. The molecular formula is C25H27Cl2N5O. The van der Waals surface area contributed by atoms with Crippen molar-refractivity contribution in [2.75, 3.05) is 19.6 Å². The van der Waals surface area contributed by atoms with Crippen molar-refractivity contribution in [3.05, 3.63) is 63.6 Å². The molecule has 0 spiro atoms. The van der Waals surface area contributed by atoms with E-state index in [-0.39, 0.29) is 18.0 Å². The van der Waals surface area contributed by atoms with Gasteiger partial charge in [0.1, 0.15) is 5.52 Å². The first kappa shape index (κ1) is 22.4. The molecule has 6 nitrogen and oxygen atoms in total. The third-order valence-corrected chi connectivity index (χ3v) is 7.31. The van der Waals surface area contributed by atoms with Crippen LogP contribution >= 0.6 is 23.2 Å². The number of aromatic nitrogens is 3. The van der Waals surface area contributed by atoms with E-state index in [1.807, 2.05) is 27.8 Å². The number of hydrogen-bond acceptors (Lipinski definition) is 4. The van der Waals surface area contributed by atoms with Crippen LogP contribution in [-0.2, 0) is 4.79 Å². The van der Waals surface area contributed by atoms with Crippen LogP contribution in [0.15, 0.2) is 42.5 Å². The van der Waals surface area contributed by atoms with Gasteiger partial charge in [-0.1, -0.05) is 53.0 Å². The topological polar surface area (TPSA) is 63.1 Å². The minimum absolute atomic E-state index is 0.0216. The number of nitrogens with zero attached hydrogens (tertiary/aromatic N) is 4. The zero-order valence-corrected chi connectivity index (χ0v) is 20.1. The molecule has 1 N–H and O–H groups in total. The Labute approximate surface area is 203 Å². The highest BCUT2D eigenvalue weighted by Gasteiger charge is 2.27. The summed E-state index contributed by atoms with van der Waals surface area (Å²) in [6.45, 7) is 4.39. The second-order valence-electron chi connectivity index (χ2n) is 8.85. The lowest BCUT2D eigenvalue weighted by Gasteiger charge is -2.32. The molecular weight excluding hydrogens is 457 g/mol. The Balaban J connectivity index is 1.37. The van der Waals surface area contributed by atoms with Crippen LogP contribution in [0, 0.1) is 0 Å². The molecule has 1 unspecified atom stereocenters. The first-order valence-corrected chi connectivity index (χ1v) is 12.3. The molecule has 0 aliphatic carbocycles. The molecule has 2 aliphatic heterocycles. The maximum atomic E-state index is 12.8. The van der Waals surface area contributed by atoms with Crippen molar-refractivity contribution in [2.24, 2.45) is 0 Å². The molecule has 3 heterocycles. The van der Waals surface area contributed by atoms with Crippen LogP contribution in [0.3, 0.4) is 0 Å². The molecule has 0 bridgehead atoms. The van der Waals surface area contributed by atoms with Crippen molar-refractivity contribution in [1.29, 1.82) is 0 Å². The Hall–Kier alpha value is -2.41. The number of piperidine rings is 1. The Morgan fingerprint density at radius 1 is 1.18 bits per heavy atom. The lowest BCUT2D eigenvalue weighted by molar-refractivity contribution is -0.133. The quantitative estimate of drug-likeness (QED) is 0.560. The van der Waals surface area contributed by atoms with Crippen LogP contribution in [0.1, 0.15) is 49.8 Å². The summed E-state index contributed by atoms with van der Waals surface area (Å²) in [5.74, 6) is 0.233. The van der Waals surface area contributed by atoms with Gasteiger partial charge in [0.05, 0.1) is 17.6 Å². The van der Waals surface area contributed by atoms with Crippen LogP contribution < -0.4 is 5.32 Å². The highest BCUT2D eigenvalue weighted by atomic mass is 35.5. The molecule has 3 aromatic rings. The van der Waals surface area contributed by atoms with Crippen LogP contribution in [0.25, 0.3) is 16.6 Å². The van der Waals surface area contributed by atoms with Gasteiger partial charge in [0.2, 0.25) is 5.91 Å². The predicted molar refractivity (Wildman–Crippen MR) is 133 cm³/mol. The van der Waals surface area contributed by atoms with Gasteiger partial charge < -0.3 is 10.2 Å². The Morgan fingerprint density at radius 3 is 2.79 bits per heavy atom. The van der Waals surface area contributed by atoms with E-state index in [0.717, 1.165) is 60.9 Å². The molecule has 0 saturated carbocycles. The third-order valence-electron chi connectivity index (χ3n) is 6.75. The van der Waals surface area contributed by atoms with Crippen molar-refractivity contribution in [1.82, 2.24) is 25.2 Å². The molecule has 2 atom stereocenters. The van der Waals surface area contributed by atoms with Crippen molar-refractivity contribution < 1.29 is 4.79 Å². The summed E-state index contributed by atoms with van der Waals surface area (Å²) < 4.78 is 1.90. The van der Waals surface area contributed by atoms with E-state index in [2.05, 4.69) is 40.8 Å². The first-order valence-electron chi connectivity index (χ1n) is 11.5. The molecule has 2 aliphatic rings. The molecule has 8 heteroatoms. The maximum Gasteiger partial charge on any atom is 0.239 e. The van der Waals surface area contributed by atoms with Gasteiger partial charge >= 0.3 is 0 Å². The van der Waals surface area contributed by atoms with Crippen molar-refractivity contribution in [3.8, 4) is 0 Å². The maximum absolute atomic E-state index is 12.8. The highest BCUT2D eigenvalue weighted by Crippen LogP contribution is 2.31. The number of carbonyl (C=O) groups excluding carboxylic acids is 1.